The van der Waals surface area contributed by atoms with Crippen LogP contribution in [-0.4, -0.2) is 51.1 Å². The highest BCUT2D eigenvalue weighted by Crippen LogP contribution is 2.38. The third kappa shape index (κ3) is 8.19. The monoisotopic (exact) mass is 424 g/mol. The van der Waals surface area contributed by atoms with Crippen LogP contribution in [0, 0.1) is 18.8 Å². The van der Waals surface area contributed by atoms with Gasteiger partial charge in [0.15, 0.2) is 0 Å². The number of para-hydroxylation sites is 1. The summed E-state index contributed by atoms with van der Waals surface area (Å²) in [6.45, 7) is 4.02. The molecule has 0 heterocycles. The highest BCUT2D eigenvalue weighted by Gasteiger charge is 2.34. The van der Waals surface area contributed by atoms with Crippen LogP contribution in [0.25, 0.3) is 0 Å². The molecule has 3 N–H and O–H groups in total. The minimum absolute atomic E-state index is 0.259. The van der Waals surface area contributed by atoms with Crippen LogP contribution in [0.2, 0.25) is 0 Å². The second kappa shape index (κ2) is 12.5. The average Bonchev–Trinajstić information content (AvgIpc) is 3.04. The molecule has 5 nitrogen and oxygen atoms in total. The van der Waals surface area contributed by atoms with Gasteiger partial charge >= 0.3 is 5.97 Å². The van der Waals surface area contributed by atoms with E-state index < -0.39 is 12.1 Å². The Morgan fingerprint density at radius 1 is 1.24 bits per heavy atom. The Labute approximate surface area is 178 Å². The molecule has 164 valence electrons. The molecule has 0 amide bonds. The average molecular weight is 425 g/mol. The molecule has 6 heteroatoms. The smallest absolute Gasteiger partial charge is 0.306 e. The molecular weight excluding hydrogens is 388 g/mol. The first-order valence-electron chi connectivity index (χ1n) is 10.8. The van der Waals surface area contributed by atoms with Gasteiger partial charge in [-0.15, -0.1) is 0 Å². The highest BCUT2D eigenvalue weighted by atomic mass is 32.2. The van der Waals surface area contributed by atoms with Crippen molar-refractivity contribution in [1.29, 1.82) is 0 Å². The quantitative estimate of drug-likeness (QED) is 0.410. The van der Waals surface area contributed by atoms with Gasteiger partial charge < -0.3 is 20.1 Å². The fraction of sp³-hybridized carbons (Fsp3) is 0.696. The van der Waals surface area contributed by atoms with E-state index in [-0.39, 0.29) is 24.5 Å². The van der Waals surface area contributed by atoms with E-state index in [2.05, 4.69) is 0 Å². The van der Waals surface area contributed by atoms with Crippen molar-refractivity contribution in [3.8, 4) is 5.75 Å². The summed E-state index contributed by atoms with van der Waals surface area (Å²) in [7, 11) is 0. The lowest BCUT2D eigenvalue weighted by Gasteiger charge is -2.23. The molecule has 0 bridgehead atoms. The van der Waals surface area contributed by atoms with E-state index in [1.54, 1.807) is 18.7 Å². The number of aliphatic hydroxyl groups excluding tert-OH is 2. The predicted molar refractivity (Wildman–Crippen MR) is 118 cm³/mol. The Bertz CT molecular complexity index is 623. The second-order valence-electron chi connectivity index (χ2n) is 8.29. The Kier molecular flexibility index (Phi) is 10.3. The van der Waals surface area contributed by atoms with Gasteiger partial charge in [-0.1, -0.05) is 44.4 Å². The fourth-order valence-electron chi connectivity index (χ4n) is 3.91. The van der Waals surface area contributed by atoms with E-state index in [1.807, 2.05) is 31.2 Å². The maximum absolute atomic E-state index is 10.9. The highest BCUT2D eigenvalue weighted by molar-refractivity contribution is 7.99. The molecule has 5 unspecified atom stereocenters. The molecule has 0 spiro atoms. The van der Waals surface area contributed by atoms with Crippen molar-refractivity contribution in [1.82, 2.24) is 0 Å². The van der Waals surface area contributed by atoms with E-state index in [0.29, 0.717) is 17.4 Å². The number of benzene rings is 1. The predicted octanol–water partition coefficient (Wildman–Crippen LogP) is 4.28. The van der Waals surface area contributed by atoms with Gasteiger partial charge in [-0.05, 0) is 50.2 Å². The molecule has 0 saturated heterocycles. The number of aliphatic carboxylic acids is 1. The first-order chi connectivity index (χ1) is 13.9. The molecule has 5 atom stereocenters. The van der Waals surface area contributed by atoms with Crippen molar-refractivity contribution in [3.63, 3.8) is 0 Å². The lowest BCUT2D eigenvalue weighted by molar-refractivity contribution is -0.141. The molecule has 0 radical (unpaired) electrons. The Hall–Kier alpha value is -1.24. The minimum Gasteiger partial charge on any atom is -0.491 e. The van der Waals surface area contributed by atoms with E-state index in [9.17, 15) is 15.0 Å². The van der Waals surface area contributed by atoms with Gasteiger partial charge in [0.05, 0.1) is 18.1 Å². The van der Waals surface area contributed by atoms with E-state index >= 15 is 0 Å². The van der Waals surface area contributed by atoms with Crippen molar-refractivity contribution in [2.45, 2.75) is 76.3 Å². The molecule has 1 aliphatic carbocycles. The van der Waals surface area contributed by atoms with Gasteiger partial charge in [-0.2, -0.15) is 11.8 Å². The lowest BCUT2D eigenvalue weighted by atomic mass is 9.96. The van der Waals surface area contributed by atoms with Crippen LogP contribution < -0.4 is 4.74 Å². The number of hydrogen-bond donors (Lipinski definition) is 3. The lowest BCUT2D eigenvalue weighted by Crippen LogP contribution is -2.25. The van der Waals surface area contributed by atoms with E-state index in [1.165, 1.54) is 0 Å². The van der Waals surface area contributed by atoms with E-state index in [0.717, 1.165) is 49.8 Å². The van der Waals surface area contributed by atoms with Gasteiger partial charge in [0.1, 0.15) is 12.4 Å². The Morgan fingerprint density at radius 2 is 2.00 bits per heavy atom. The first-order valence-corrected chi connectivity index (χ1v) is 11.8. The van der Waals surface area contributed by atoms with Crippen LogP contribution in [0.5, 0.6) is 5.75 Å². The third-order valence-electron chi connectivity index (χ3n) is 5.84. The number of aliphatic hydroxyl groups is 2. The van der Waals surface area contributed by atoms with Gasteiger partial charge in [-0.25, -0.2) is 0 Å². The number of rotatable bonds is 13. The number of carboxylic acid groups (broad SMARTS) is 1. The summed E-state index contributed by atoms with van der Waals surface area (Å²) in [6.07, 6.45) is 5.65. The zero-order chi connectivity index (χ0) is 21.2. The molecule has 0 aromatic heterocycles. The summed E-state index contributed by atoms with van der Waals surface area (Å²) < 4.78 is 5.74. The van der Waals surface area contributed by atoms with Crippen LogP contribution in [0.15, 0.2) is 24.3 Å². The van der Waals surface area contributed by atoms with Crippen molar-refractivity contribution in [2.24, 2.45) is 11.8 Å². The summed E-state index contributed by atoms with van der Waals surface area (Å²) in [6, 6.07) is 7.79. The van der Waals surface area contributed by atoms with Crippen LogP contribution in [0.1, 0.15) is 57.4 Å². The van der Waals surface area contributed by atoms with Crippen LogP contribution >= 0.6 is 11.8 Å². The summed E-state index contributed by atoms with van der Waals surface area (Å²) in [4.78, 5) is 10.9. The van der Waals surface area contributed by atoms with Gasteiger partial charge in [0.25, 0.3) is 0 Å². The number of carbonyl (C=O) groups is 1. The van der Waals surface area contributed by atoms with Gasteiger partial charge in [0, 0.05) is 11.0 Å². The molecule has 1 aromatic carbocycles. The second-order valence-corrected chi connectivity index (χ2v) is 9.56. The van der Waals surface area contributed by atoms with Crippen molar-refractivity contribution in [2.75, 3.05) is 12.4 Å². The normalized spacial score (nSPS) is 23.7. The van der Waals surface area contributed by atoms with Crippen LogP contribution in [0.3, 0.4) is 0 Å². The van der Waals surface area contributed by atoms with Crippen LogP contribution in [-0.2, 0) is 4.79 Å². The third-order valence-corrected chi connectivity index (χ3v) is 7.43. The Balaban J connectivity index is 1.66. The largest absolute Gasteiger partial charge is 0.491 e. The summed E-state index contributed by atoms with van der Waals surface area (Å²) in [5.74, 6) is 0.677. The first kappa shape index (κ1) is 24.0. The van der Waals surface area contributed by atoms with Crippen molar-refractivity contribution >= 4 is 17.7 Å². The molecule has 1 aromatic rings. The SMILES string of the molecule is Cc1ccccc1OCC(O)CSC1CCC(O)C1CCCCCC(C)C(=O)O. The van der Waals surface area contributed by atoms with Gasteiger partial charge in [-0.3, -0.25) is 4.79 Å². The molecule has 1 fully saturated rings. The zero-order valence-electron chi connectivity index (χ0n) is 17.6. The van der Waals surface area contributed by atoms with E-state index in [4.69, 9.17) is 9.84 Å². The fourth-order valence-corrected chi connectivity index (χ4v) is 5.35. The maximum atomic E-state index is 10.9. The van der Waals surface area contributed by atoms with Crippen LogP contribution in [0.4, 0.5) is 0 Å². The Morgan fingerprint density at radius 3 is 2.72 bits per heavy atom. The topological polar surface area (TPSA) is 87.0 Å². The number of hydrogen-bond acceptors (Lipinski definition) is 5. The van der Waals surface area contributed by atoms with Crippen molar-refractivity contribution < 1.29 is 24.9 Å². The number of thioether (sulfide) groups is 1. The number of ether oxygens (including phenoxy) is 1. The summed E-state index contributed by atoms with van der Waals surface area (Å²) in [5, 5.41) is 30.0. The maximum Gasteiger partial charge on any atom is 0.306 e. The minimum atomic E-state index is -0.724. The number of aryl methyl sites for hydroxylation is 1. The molecule has 1 aliphatic rings. The number of carboxylic acids is 1. The zero-order valence-corrected chi connectivity index (χ0v) is 18.4. The molecule has 29 heavy (non-hydrogen) atoms. The number of unbranched alkanes of at least 4 members (excludes halogenated alkanes) is 2. The molecular formula is C23H36O5S. The molecule has 0 aliphatic heterocycles. The van der Waals surface area contributed by atoms with Crippen molar-refractivity contribution in [3.05, 3.63) is 29.8 Å². The molecule has 1 saturated carbocycles. The standard InChI is InChI=1S/C23H36O5S/c1-16-8-6-7-11-21(16)28-14-18(24)15-29-22-13-12-20(25)19(22)10-5-3-4-9-17(2)23(26)27/h6-8,11,17-20,22,24-25H,3-5,9-10,12-15H2,1-2H3,(H,26,27). The van der Waals surface area contributed by atoms with Gasteiger partial charge in [0.2, 0.25) is 0 Å². The summed E-state index contributed by atoms with van der Waals surface area (Å²) in [5.41, 5.74) is 1.06. The summed E-state index contributed by atoms with van der Waals surface area (Å²) >= 11 is 1.75. The molecule has 2 rings (SSSR count).